The van der Waals surface area contributed by atoms with Gasteiger partial charge in [0.15, 0.2) is 5.72 Å². The molecule has 1 amide bonds. The second-order valence-corrected chi connectivity index (χ2v) is 10.8. The fraction of sp³-hybridized carbons (Fsp3) is 0.517. The smallest absolute Gasteiger partial charge is 0.239 e. The van der Waals surface area contributed by atoms with E-state index in [1.54, 1.807) is 7.11 Å². The number of hydrogen-bond donors (Lipinski definition) is 2. The molecule has 4 heterocycles. The average molecular weight is 488 g/mol. The lowest BCUT2D eigenvalue weighted by Gasteiger charge is -2.44. The summed E-state index contributed by atoms with van der Waals surface area (Å²) in [5.41, 5.74) is 6.68. The van der Waals surface area contributed by atoms with Gasteiger partial charge in [-0.15, -0.1) is 0 Å². The highest BCUT2D eigenvalue weighted by Crippen LogP contribution is 2.36. The van der Waals surface area contributed by atoms with Crippen LogP contribution in [0.25, 0.3) is 16.8 Å². The van der Waals surface area contributed by atoms with Crippen molar-refractivity contribution in [3.63, 3.8) is 0 Å². The molecular formula is C29H37N5O2. The van der Waals surface area contributed by atoms with Gasteiger partial charge in [0.05, 0.1) is 17.4 Å². The van der Waals surface area contributed by atoms with Gasteiger partial charge in [0.25, 0.3) is 0 Å². The molecule has 1 aromatic carbocycles. The number of likely N-dealkylation sites (tertiary alicyclic amines) is 2. The van der Waals surface area contributed by atoms with Crippen molar-refractivity contribution in [2.24, 2.45) is 5.92 Å². The van der Waals surface area contributed by atoms with Crippen LogP contribution in [0.3, 0.4) is 0 Å². The normalized spacial score (nSPS) is 26.7. The van der Waals surface area contributed by atoms with Crippen LogP contribution in [0.2, 0.25) is 0 Å². The Bertz CT molecular complexity index is 1190. The first-order valence-electron chi connectivity index (χ1n) is 13.5. The van der Waals surface area contributed by atoms with E-state index >= 15 is 0 Å². The number of H-pyrrole nitrogens is 1. The Labute approximate surface area is 213 Å². The van der Waals surface area contributed by atoms with Crippen LogP contribution < -0.4 is 5.32 Å². The van der Waals surface area contributed by atoms with E-state index in [0.717, 1.165) is 68.7 Å². The molecule has 4 aliphatic rings. The van der Waals surface area contributed by atoms with Crippen LogP contribution in [-0.2, 0) is 22.4 Å². The van der Waals surface area contributed by atoms with Crippen molar-refractivity contribution in [2.45, 2.75) is 56.7 Å². The number of dihydropyridines is 1. The van der Waals surface area contributed by atoms with Gasteiger partial charge in [-0.3, -0.25) is 14.8 Å². The minimum absolute atomic E-state index is 0.0619. The third-order valence-electron chi connectivity index (χ3n) is 8.83. The van der Waals surface area contributed by atoms with Crippen molar-refractivity contribution >= 4 is 11.5 Å². The first-order chi connectivity index (χ1) is 17.6. The number of methoxy groups -OCH3 is 1. The summed E-state index contributed by atoms with van der Waals surface area (Å²) in [6, 6.07) is 8.81. The molecule has 7 heteroatoms. The van der Waals surface area contributed by atoms with E-state index in [4.69, 9.17) is 4.74 Å². The van der Waals surface area contributed by atoms with Gasteiger partial charge >= 0.3 is 0 Å². The maximum atomic E-state index is 13.0. The molecular weight excluding hydrogens is 450 g/mol. The number of fused-ring (bicyclic) bond motifs is 1. The van der Waals surface area contributed by atoms with Gasteiger partial charge in [-0.25, -0.2) is 0 Å². The third-order valence-corrected chi connectivity index (χ3v) is 8.83. The maximum absolute atomic E-state index is 13.0. The number of aryl methyl sites for hydroxylation is 1. The summed E-state index contributed by atoms with van der Waals surface area (Å²) in [5.74, 6) is 0.594. The molecule has 7 nitrogen and oxygen atoms in total. The highest BCUT2D eigenvalue weighted by Gasteiger charge is 2.41. The van der Waals surface area contributed by atoms with E-state index in [1.165, 1.54) is 29.5 Å². The number of carbonyl (C=O) groups is 1. The van der Waals surface area contributed by atoms with E-state index in [1.807, 2.05) is 6.20 Å². The molecule has 0 spiro atoms. The number of amides is 1. The number of likely N-dealkylation sites (N-methyl/N-ethyl adjacent to an activating group) is 1. The predicted molar refractivity (Wildman–Crippen MR) is 141 cm³/mol. The Balaban J connectivity index is 1.12. The van der Waals surface area contributed by atoms with Crippen LogP contribution in [0.1, 0.15) is 48.9 Å². The summed E-state index contributed by atoms with van der Waals surface area (Å²) in [7, 11) is 3.83. The fourth-order valence-corrected chi connectivity index (χ4v) is 6.65. The molecule has 2 saturated heterocycles. The number of hydrogen-bond acceptors (Lipinski definition) is 5. The average Bonchev–Trinajstić information content (AvgIpc) is 3.69. The topological polar surface area (TPSA) is 73.5 Å². The van der Waals surface area contributed by atoms with Crippen molar-refractivity contribution in [3.05, 3.63) is 59.4 Å². The molecule has 1 aromatic heterocycles. The minimum Gasteiger partial charge on any atom is -0.360 e. The molecule has 2 N–H and O–H groups in total. The quantitative estimate of drug-likeness (QED) is 0.672. The highest BCUT2D eigenvalue weighted by atomic mass is 16.5. The summed E-state index contributed by atoms with van der Waals surface area (Å²) < 4.78 is 6.06. The fourth-order valence-electron chi connectivity index (χ4n) is 6.65. The van der Waals surface area contributed by atoms with E-state index in [0.29, 0.717) is 11.8 Å². The maximum Gasteiger partial charge on any atom is 0.239 e. The Morgan fingerprint density at radius 2 is 2.00 bits per heavy atom. The summed E-state index contributed by atoms with van der Waals surface area (Å²) in [6.07, 6.45) is 13.8. The van der Waals surface area contributed by atoms with Crippen molar-refractivity contribution in [3.8, 4) is 11.3 Å². The number of nitrogens with zero attached hydrogens (tertiary/aromatic N) is 3. The number of allylic oxidation sites excluding steroid dienone is 2. The molecule has 0 radical (unpaired) electrons. The summed E-state index contributed by atoms with van der Waals surface area (Å²) in [5, 5.41) is 11.5. The molecule has 190 valence electrons. The van der Waals surface area contributed by atoms with Gasteiger partial charge in [0.1, 0.15) is 0 Å². The Morgan fingerprint density at radius 1 is 1.14 bits per heavy atom. The number of piperidine rings is 1. The number of rotatable bonds is 5. The molecule has 0 saturated carbocycles. The largest absolute Gasteiger partial charge is 0.360 e. The van der Waals surface area contributed by atoms with Gasteiger partial charge in [-0.05, 0) is 81.8 Å². The molecule has 2 aromatic rings. The van der Waals surface area contributed by atoms with Crippen molar-refractivity contribution < 1.29 is 9.53 Å². The second kappa shape index (κ2) is 9.52. The molecule has 1 unspecified atom stereocenters. The van der Waals surface area contributed by atoms with Crippen LogP contribution in [0.15, 0.2) is 42.6 Å². The molecule has 2 atom stereocenters. The zero-order valence-electron chi connectivity index (χ0n) is 21.4. The number of benzene rings is 1. The minimum atomic E-state index is -0.553. The lowest BCUT2D eigenvalue weighted by molar-refractivity contribution is -0.139. The van der Waals surface area contributed by atoms with Crippen LogP contribution in [0, 0.1) is 5.92 Å². The van der Waals surface area contributed by atoms with Crippen molar-refractivity contribution in [1.82, 2.24) is 25.3 Å². The first-order valence-corrected chi connectivity index (χ1v) is 13.5. The highest BCUT2D eigenvalue weighted by molar-refractivity contribution is 5.82. The van der Waals surface area contributed by atoms with Crippen LogP contribution in [0.4, 0.5) is 0 Å². The molecule has 3 aliphatic heterocycles. The van der Waals surface area contributed by atoms with E-state index in [2.05, 4.69) is 68.8 Å². The second-order valence-electron chi connectivity index (χ2n) is 10.8. The molecule has 6 rings (SSSR count). The van der Waals surface area contributed by atoms with Crippen LogP contribution in [0.5, 0.6) is 0 Å². The zero-order valence-corrected chi connectivity index (χ0v) is 21.4. The van der Waals surface area contributed by atoms with Gasteiger partial charge < -0.3 is 15.0 Å². The zero-order chi connectivity index (χ0) is 24.7. The van der Waals surface area contributed by atoms with E-state index < -0.39 is 5.72 Å². The first kappa shape index (κ1) is 23.5. The number of carbonyl (C=O) groups excluding carboxylic acids is 1. The van der Waals surface area contributed by atoms with Crippen LogP contribution >= 0.6 is 0 Å². The molecule has 0 bridgehead atoms. The summed E-state index contributed by atoms with van der Waals surface area (Å²) >= 11 is 0. The molecule has 2 fully saturated rings. The lowest BCUT2D eigenvalue weighted by Crippen LogP contribution is -2.55. The summed E-state index contributed by atoms with van der Waals surface area (Å²) in [6.45, 7) is 2.60. The molecule has 1 aliphatic carbocycles. The molecule has 36 heavy (non-hydrogen) atoms. The van der Waals surface area contributed by atoms with E-state index in [-0.39, 0.29) is 6.04 Å². The van der Waals surface area contributed by atoms with Crippen molar-refractivity contribution in [2.75, 3.05) is 33.8 Å². The van der Waals surface area contributed by atoms with Crippen molar-refractivity contribution in [1.29, 1.82) is 0 Å². The number of nitrogens with one attached hydrogen (secondary N) is 2. The Morgan fingerprint density at radius 3 is 2.72 bits per heavy atom. The standard InChI is InChI=1S/C29H37N5O2/c1-33-15-5-10-27(33)28(35)34-16-12-22(13-17-34)29(36-2)14-11-21(19-30-29)25-18-26(32-31-25)24-9-4-7-20-6-3-8-23(20)24/h4,7,9,11,14,18-19,22,27,30H,3,5-6,8,10,12-13,15-17H2,1-2H3,(H,31,32)/t27-,29?/m0/s1. The SMILES string of the molecule is COC1(C2CCN(C(=O)[C@@H]3CCCN3C)CC2)C=CC(c2cc(-c3cccc4c3CCC4)[nH]n2)=CN1. The third kappa shape index (κ3) is 4.08. The number of ether oxygens (including phenoxy) is 1. The Kier molecular flexibility index (Phi) is 6.21. The van der Waals surface area contributed by atoms with E-state index in [9.17, 15) is 4.79 Å². The number of aromatic nitrogens is 2. The lowest BCUT2D eigenvalue weighted by atomic mass is 9.84. The number of aromatic amines is 1. The van der Waals surface area contributed by atoms with Gasteiger partial charge in [-0.1, -0.05) is 24.3 Å². The Hall–Kier alpha value is -2.90. The van der Waals surface area contributed by atoms with Crippen LogP contribution in [-0.4, -0.2) is 71.5 Å². The monoisotopic (exact) mass is 487 g/mol. The predicted octanol–water partition coefficient (Wildman–Crippen LogP) is 3.74. The summed E-state index contributed by atoms with van der Waals surface area (Å²) in [4.78, 5) is 17.3. The van der Waals surface area contributed by atoms with Gasteiger partial charge in [-0.2, -0.15) is 5.10 Å². The van der Waals surface area contributed by atoms with Gasteiger partial charge in [0.2, 0.25) is 5.91 Å². The van der Waals surface area contributed by atoms with Gasteiger partial charge in [0, 0.05) is 43.5 Å².